The predicted molar refractivity (Wildman–Crippen MR) is 74.8 cm³/mol. The molecule has 1 aliphatic rings. The zero-order valence-electron chi connectivity index (χ0n) is 12.1. The molecule has 2 N–H and O–H groups in total. The molecule has 0 amide bonds. The van der Waals surface area contributed by atoms with Gasteiger partial charge in [-0.3, -0.25) is 9.59 Å². The zero-order chi connectivity index (χ0) is 15.9. The van der Waals surface area contributed by atoms with E-state index in [1.54, 1.807) is 6.92 Å². The van der Waals surface area contributed by atoms with Crippen LogP contribution in [0.5, 0.6) is 0 Å². The van der Waals surface area contributed by atoms with E-state index in [1.165, 1.54) is 4.31 Å². The Kier molecular flexibility index (Phi) is 7.06. The molecular formula is C12H22N2O6S. The lowest BCUT2D eigenvalue weighted by Crippen LogP contribution is -2.49. The second-order valence-corrected chi connectivity index (χ2v) is 6.52. The molecule has 1 saturated heterocycles. The first-order valence-corrected chi connectivity index (χ1v) is 8.46. The SMILES string of the molecule is CCOC(=O)CC[C@H](NS(=O)(=O)N1CCCCC1)C(=O)O. The molecule has 8 nitrogen and oxygen atoms in total. The first-order chi connectivity index (χ1) is 9.86. The number of piperidine rings is 1. The molecule has 1 aliphatic heterocycles. The van der Waals surface area contributed by atoms with Gasteiger partial charge < -0.3 is 9.84 Å². The number of carbonyl (C=O) groups is 2. The fourth-order valence-electron chi connectivity index (χ4n) is 2.09. The van der Waals surface area contributed by atoms with E-state index in [0.717, 1.165) is 19.3 Å². The highest BCUT2D eigenvalue weighted by molar-refractivity contribution is 7.87. The molecule has 9 heteroatoms. The number of hydrogen-bond donors (Lipinski definition) is 2. The number of esters is 1. The quantitative estimate of drug-likeness (QED) is 0.613. The van der Waals surface area contributed by atoms with Gasteiger partial charge in [0.05, 0.1) is 6.61 Å². The predicted octanol–water partition coefficient (Wildman–Crippen LogP) is 0.103. The highest BCUT2D eigenvalue weighted by atomic mass is 32.2. The molecule has 1 rings (SSSR count). The van der Waals surface area contributed by atoms with Crippen LogP contribution in [0.15, 0.2) is 0 Å². The van der Waals surface area contributed by atoms with Crippen LogP contribution in [0, 0.1) is 0 Å². The van der Waals surface area contributed by atoms with Crippen molar-refractivity contribution in [2.75, 3.05) is 19.7 Å². The number of hydrogen-bond acceptors (Lipinski definition) is 5. The molecule has 122 valence electrons. The summed E-state index contributed by atoms with van der Waals surface area (Å²) in [6, 6.07) is -1.33. The Bertz CT molecular complexity index is 458. The van der Waals surface area contributed by atoms with E-state index in [2.05, 4.69) is 4.72 Å². The first-order valence-electron chi connectivity index (χ1n) is 7.02. The lowest BCUT2D eigenvalue weighted by atomic mass is 10.2. The van der Waals surface area contributed by atoms with E-state index < -0.39 is 28.2 Å². The van der Waals surface area contributed by atoms with Gasteiger partial charge in [0.15, 0.2) is 0 Å². The summed E-state index contributed by atoms with van der Waals surface area (Å²) >= 11 is 0. The maximum absolute atomic E-state index is 12.1. The minimum Gasteiger partial charge on any atom is -0.480 e. The van der Waals surface area contributed by atoms with Crippen LogP contribution in [0.3, 0.4) is 0 Å². The summed E-state index contributed by atoms with van der Waals surface area (Å²) in [4.78, 5) is 22.4. The lowest BCUT2D eigenvalue weighted by Gasteiger charge is -2.27. The van der Waals surface area contributed by atoms with Gasteiger partial charge in [-0.1, -0.05) is 6.42 Å². The second kappa shape index (κ2) is 8.30. The van der Waals surface area contributed by atoms with Crippen molar-refractivity contribution in [1.82, 2.24) is 9.03 Å². The second-order valence-electron chi connectivity index (χ2n) is 4.82. The van der Waals surface area contributed by atoms with Gasteiger partial charge in [-0.15, -0.1) is 0 Å². The number of nitrogens with zero attached hydrogens (tertiary/aromatic N) is 1. The van der Waals surface area contributed by atoms with Crippen molar-refractivity contribution in [2.24, 2.45) is 0 Å². The van der Waals surface area contributed by atoms with Crippen LogP contribution in [0.1, 0.15) is 39.0 Å². The van der Waals surface area contributed by atoms with E-state index in [0.29, 0.717) is 13.1 Å². The normalized spacial score (nSPS) is 18.1. The summed E-state index contributed by atoms with van der Waals surface area (Å²) in [5, 5.41) is 9.08. The van der Waals surface area contributed by atoms with E-state index in [4.69, 9.17) is 9.84 Å². The molecule has 1 heterocycles. The standard InChI is InChI=1S/C12H22N2O6S/c1-2-20-11(15)7-6-10(12(16)17)13-21(18,19)14-8-4-3-5-9-14/h10,13H,2-9H2,1H3,(H,16,17)/t10-/m0/s1. The Morgan fingerprint density at radius 1 is 1.29 bits per heavy atom. The third-order valence-corrected chi connectivity index (χ3v) is 4.81. The maximum Gasteiger partial charge on any atom is 0.321 e. The molecule has 0 bridgehead atoms. The fourth-order valence-corrected chi connectivity index (χ4v) is 3.55. The molecule has 0 aromatic heterocycles. The Morgan fingerprint density at radius 3 is 2.43 bits per heavy atom. The van der Waals surface area contributed by atoms with Crippen molar-refractivity contribution in [1.29, 1.82) is 0 Å². The summed E-state index contributed by atoms with van der Waals surface area (Å²) in [5.74, 6) is -1.85. The minimum atomic E-state index is -3.84. The number of carbonyl (C=O) groups excluding carboxylic acids is 1. The summed E-state index contributed by atoms with van der Waals surface area (Å²) < 4.78 is 32.3. The van der Waals surface area contributed by atoms with Gasteiger partial charge in [-0.2, -0.15) is 17.4 Å². The van der Waals surface area contributed by atoms with Crippen LogP contribution >= 0.6 is 0 Å². The zero-order valence-corrected chi connectivity index (χ0v) is 12.9. The topological polar surface area (TPSA) is 113 Å². The molecule has 0 saturated carbocycles. The van der Waals surface area contributed by atoms with E-state index in [-0.39, 0.29) is 19.4 Å². The van der Waals surface area contributed by atoms with Gasteiger partial charge in [-0.25, -0.2) is 0 Å². The number of ether oxygens (including phenoxy) is 1. The number of nitrogens with one attached hydrogen (secondary N) is 1. The Morgan fingerprint density at radius 2 is 1.90 bits per heavy atom. The third-order valence-electron chi connectivity index (χ3n) is 3.19. The van der Waals surface area contributed by atoms with Crippen LogP contribution in [0.4, 0.5) is 0 Å². The monoisotopic (exact) mass is 322 g/mol. The smallest absolute Gasteiger partial charge is 0.321 e. The Labute approximate surface area is 124 Å². The van der Waals surface area contributed by atoms with Crippen LogP contribution in [0.2, 0.25) is 0 Å². The average molecular weight is 322 g/mol. The minimum absolute atomic E-state index is 0.138. The van der Waals surface area contributed by atoms with Gasteiger partial charge >= 0.3 is 11.9 Å². The van der Waals surface area contributed by atoms with Crippen LogP contribution in [-0.2, 0) is 24.5 Å². The Hall–Kier alpha value is -1.19. The largest absolute Gasteiger partial charge is 0.480 e. The van der Waals surface area contributed by atoms with E-state index in [1.807, 2.05) is 0 Å². The first kappa shape index (κ1) is 17.9. The van der Waals surface area contributed by atoms with Crippen LogP contribution < -0.4 is 4.72 Å². The molecule has 0 aromatic carbocycles. The highest BCUT2D eigenvalue weighted by Crippen LogP contribution is 2.13. The van der Waals surface area contributed by atoms with Gasteiger partial charge in [-0.05, 0) is 26.2 Å². The number of aliphatic carboxylic acids is 1. The third kappa shape index (κ3) is 5.98. The highest BCUT2D eigenvalue weighted by Gasteiger charge is 2.30. The number of carboxylic acid groups (broad SMARTS) is 1. The van der Waals surface area contributed by atoms with Crippen molar-refractivity contribution >= 4 is 22.1 Å². The summed E-state index contributed by atoms with van der Waals surface area (Å²) in [5.41, 5.74) is 0. The molecule has 1 fully saturated rings. The van der Waals surface area contributed by atoms with E-state index in [9.17, 15) is 18.0 Å². The molecule has 0 spiro atoms. The van der Waals surface area contributed by atoms with Crippen molar-refractivity contribution in [3.05, 3.63) is 0 Å². The van der Waals surface area contributed by atoms with E-state index >= 15 is 0 Å². The van der Waals surface area contributed by atoms with Crippen LogP contribution in [-0.4, -0.2) is 55.5 Å². The lowest BCUT2D eigenvalue weighted by molar-refractivity contribution is -0.144. The average Bonchev–Trinajstić information content (AvgIpc) is 2.44. The molecule has 0 radical (unpaired) electrons. The summed E-state index contributed by atoms with van der Waals surface area (Å²) in [7, 11) is -3.84. The molecular weight excluding hydrogens is 300 g/mol. The molecule has 1 atom stereocenters. The molecule has 0 unspecified atom stereocenters. The van der Waals surface area contributed by atoms with Crippen molar-refractivity contribution < 1.29 is 27.9 Å². The number of rotatable bonds is 8. The van der Waals surface area contributed by atoms with Gasteiger partial charge in [0.25, 0.3) is 10.2 Å². The van der Waals surface area contributed by atoms with Crippen molar-refractivity contribution in [3.63, 3.8) is 0 Å². The van der Waals surface area contributed by atoms with Gasteiger partial charge in [0, 0.05) is 19.5 Å². The van der Waals surface area contributed by atoms with Crippen LogP contribution in [0.25, 0.3) is 0 Å². The van der Waals surface area contributed by atoms with Gasteiger partial charge in [0.1, 0.15) is 6.04 Å². The number of carboxylic acids is 1. The Balaban J connectivity index is 2.60. The van der Waals surface area contributed by atoms with Gasteiger partial charge in [0.2, 0.25) is 0 Å². The summed E-state index contributed by atoms with van der Waals surface area (Å²) in [6.07, 6.45) is 2.22. The fraction of sp³-hybridized carbons (Fsp3) is 0.833. The molecule has 21 heavy (non-hydrogen) atoms. The molecule has 0 aliphatic carbocycles. The summed E-state index contributed by atoms with van der Waals surface area (Å²) in [6.45, 7) is 2.63. The van der Waals surface area contributed by atoms with Crippen molar-refractivity contribution in [3.8, 4) is 0 Å². The van der Waals surface area contributed by atoms with Crippen molar-refractivity contribution in [2.45, 2.75) is 45.1 Å². The molecule has 0 aromatic rings. The maximum atomic E-state index is 12.1.